The molecule has 0 amide bonds. The van der Waals surface area contributed by atoms with E-state index in [1.165, 1.54) is 24.8 Å². The Hall–Kier alpha value is -6.01. The zero-order valence-corrected chi connectivity index (χ0v) is 23.4. The van der Waals surface area contributed by atoms with Crippen LogP contribution in [0.3, 0.4) is 0 Å². The molecule has 0 aliphatic rings. The van der Waals surface area contributed by atoms with Gasteiger partial charge in [-0.2, -0.15) is 59.9 Å². The Morgan fingerprint density at radius 1 is 0.604 bits per heavy atom. The van der Waals surface area contributed by atoms with Crippen LogP contribution in [0.4, 0.5) is 56.6 Å². The molecule has 5 aromatic heterocycles. The average Bonchev–Trinajstić information content (AvgIpc) is 3.71. The number of anilines is 1. The van der Waals surface area contributed by atoms with Gasteiger partial charge in [-0.25, -0.2) is 15.0 Å². The molecule has 26 heteroatoms. The molecule has 0 atom stereocenters. The molecule has 0 aliphatic heterocycles. The lowest BCUT2D eigenvalue weighted by Gasteiger charge is -2.11. The Balaban J connectivity index is 0.000000197. The quantitative estimate of drug-likeness (QED) is 0.106. The highest BCUT2D eigenvalue weighted by Gasteiger charge is 2.38. The number of pyridine rings is 3. The van der Waals surface area contributed by atoms with Crippen LogP contribution in [-0.4, -0.2) is 54.8 Å². The van der Waals surface area contributed by atoms with Gasteiger partial charge < -0.3 is 5.73 Å². The second-order valence-electron chi connectivity index (χ2n) is 8.38. The highest BCUT2D eigenvalue weighted by atomic mass is 35.5. The number of nitro groups is 2. The predicted molar refractivity (Wildman–Crippen MR) is 140 cm³/mol. The van der Waals surface area contributed by atoms with Gasteiger partial charge in [0.15, 0.2) is 11.6 Å². The van der Waals surface area contributed by atoms with Crippen LogP contribution in [0, 0.1) is 20.2 Å². The van der Waals surface area contributed by atoms with Gasteiger partial charge in [-0.1, -0.05) is 11.6 Å². The van der Waals surface area contributed by atoms with Crippen LogP contribution in [0.5, 0.6) is 0 Å². The van der Waals surface area contributed by atoms with Crippen molar-refractivity contribution in [2.24, 2.45) is 0 Å². The Morgan fingerprint density at radius 2 is 0.958 bits per heavy atom. The Labute approximate surface area is 262 Å². The van der Waals surface area contributed by atoms with E-state index in [1.54, 1.807) is 0 Å². The number of halogens is 10. The molecular weight excluding hydrogens is 703 g/mol. The minimum atomic E-state index is -4.79. The van der Waals surface area contributed by atoms with Crippen molar-refractivity contribution in [2.45, 2.75) is 18.5 Å². The number of nitrogen functional groups attached to an aromatic ring is 1. The summed E-state index contributed by atoms with van der Waals surface area (Å²) >= 11 is 5.13. The molecule has 0 bridgehead atoms. The van der Waals surface area contributed by atoms with Crippen molar-refractivity contribution < 1.29 is 49.4 Å². The molecule has 5 heterocycles. The lowest BCUT2D eigenvalue weighted by atomic mass is 10.2. The maximum atomic E-state index is 12.8. The van der Waals surface area contributed by atoms with Gasteiger partial charge in [-0.15, -0.1) is 9.59 Å². The number of hydrogen-bond acceptors (Lipinski definition) is 12. The van der Waals surface area contributed by atoms with Gasteiger partial charge in [0.1, 0.15) is 28.7 Å². The molecule has 5 rings (SSSR count). The molecule has 0 aliphatic carbocycles. The lowest BCUT2D eigenvalue weighted by Crippen LogP contribution is -2.14. The summed E-state index contributed by atoms with van der Waals surface area (Å²) in [7, 11) is 0. The van der Waals surface area contributed by atoms with E-state index in [0.717, 1.165) is 17.1 Å². The first kappa shape index (κ1) is 36.5. The lowest BCUT2D eigenvalue weighted by molar-refractivity contribution is -0.385. The van der Waals surface area contributed by atoms with Gasteiger partial charge in [-0.3, -0.25) is 20.2 Å². The fraction of sp³-hybridized carbons (Fsp3) is 0.136. The molecule has 5 aromatic rings. The molecule has 2 N–H and O–H groups in total. The Morgan fingerprint density at radius 3 is 1.35 bits per heavy atom. The first-order valence-electron chi connectivity index (χ1n) is 11.8. The zero-order valence-electron chi connectivity index (χ0n) is 22.7. The van der Waals surface area contributed by atoms with E-state index in [2.05, 4.69) is 35.3 Å². The molecule has 48 heavy (non-hydrogen) atoms. The number of nitrogens with zero attached hydrogens (tertiary/aromatic N) is 11. The summed E-state index contributed by atoms with van der Waals surface area (Å²) in [6, 6.07) is 1.53. The molecule has 0 unspecified atom stereocenters. The van der Waals surface area contributed by atoms with E-state index in [-0.39, 0.29) is 5.69 Å². The standard InChI is InChI=1S/C8H4F3N5O2.C8H6F3N5.C6H2ClF3N2O2/c9-8(10,11)6-3-5(16(17)18)4-12-7(6)15-13-1-2-14-15;9-8(10,11)6-3-5(12)4-13-7(6)16-14-1-2-15-16;7-5-4(6(8,9)10)1-3(2-11-5)12(13)14/h1-4H;1-4H,12H2;1-2H. The third-order valence-electron chi connectivity index (χ3n) is 5.12. The number of hydrogen-bond donors (Lipinski definition) is 1. The fourth-order valence-electron chi connectivity index (χ4n) is 3.14. The summed E-state index contributed by atoms with van der Waals surface area (Å²) in [5.41, 5.74) is 0.148. The molecule has 0 radical (unpaired) electrons. The molecule has 254 valence electrons. The number of alkyl halides is 9. The largest absolute Gasteiger partial charge is 0.420 e. The first-order chi connectivity index (χ1) is 22.2. The third-order valence-corrected chi connectivity index (χ3v) is 5.42. The van der Waals surface area contributed by atoms with Crippen LogP contribution in [-0.2, 0) is 18.5 Å². The van der Waals surface area contributed by atoms with Crippen LogP contribution >= 0.6 is 11.6 Å². The summed E-state index contributed by atoms with van der Waals surface area (Å²) in [5.74, 6) is -1.01. The fourth-order valence-corrected chi connectivity index (χ4v) is 3.35. The van der Waals surface area contributed by atoms with Gasteiger partial charge >= 0.3 is 18.5 Å². The van der Waals surface area contributed by atoms with E-state index in [4.69, 9.17) is 17.3 Å². The summed E-state index contributed by atoms with van der Waals surface area (Å²) in [6.45, 7) is 0. The van der Waals surface area contributed by atoms with E-state index in [0.29, 0.717) is 29.3 Å². The molecule has 0 saturated carbocycles. The maximum Gasteiger partial charge on any atom is 0.420 e. The normalized spacial score (nSPS) is 11.5. The number of nitrogens with two attached hydrogens (primary N) is 1. The van der Waals surface area contributed by atoms with Crippen molar-refractivity contribution in [3.63, 3.8) is 0 Å². The highest BCUT2D eigenvalue weighted by Crippen LogP contribution is 2.36. The van der Waals surface area contributed by atoms with E-state index < -0.39 is 73.2 Å². The summed E-state index contributed by atoms with van der Waals surface area (Å²) < 4.78 is 113. The summed E-state index contributed by atoms with van der Waals surface area (Å²) in [4.78, 5) is 30.1. The number of aromatic nitrogens is 9. The van der Waals surface area contributed by atoms with E-state index in [9.17, 15) is 59.7 Å². The average molecular weight is 715 g/mol. The van der Waals surface area contributed by atoms with E-state index in [1.807, 2.05) is 0 Å². The second kappa shape index (κ2) is 14.2. The van der Waals surface area contributed by atoms with Crippen LogP contribution in [0.1, 0.15) is 16.7 Å². The van der Waals surface area contributed by atoms with Crippen LogP contribution in [0.2, 0.25) is 5.15 Å². The Kier molecular flexibility index (Phi) is 10.8. The van der Waals surface area contributed by atoms with Crippen molar-refractivity contribution in [1.82, 2.24) is 44.9 Å². The monoisotopic (exact) mass is 714 g/mol. The van der Waals surface area contributed by atoms with Crippen molar-refractivity contribution in [2.75, 3.05) is 5.73 Å². The van der Waals surface area contributed by atoms with Gasteiger partial charge in [0, 0.05) is 12.1 Å². The topological polar surface area (TPSA) is 212 Å². The van der Waals surface area contributed by atoms with Gasteiger partial charge in [0.25, 0.3) is 11.4 Å². The smallest absolute Gasteiger partial charge is 0.397 e. The van der Waals surface area contributed by atoms with Crippen LogP contribution in [0.25, 0.3) is 11.6 Å². The van der Waals surface area contributed by atoms with Crippen molar-refractivity contribution >= 4 is 28.7 Å². The van der Waals surface area contributed by atoms with Crippen LogP contribution in [0.15, 0.2) is 61.6 Å². The van der Waals surface area contributed by atoms with E-state index >= 15 is 0 Å². The molecule has 0 spiro atoms. The summed E-state index contributed by atoms with van der Waals surface area (Å²) in [5, 5.41) is 34.0. The number of rotatable bonds is 4. The van der Waals surface area contributed by atoms with Gasteiger partial charge in [-0.05, 0) is 6.07 Å². The molecule has 0 fully saturated rings. The van der Waals surface area contributed by atoms with Crippen molar-refractivity contribution in [3.05, 3.63) is 104 Å². The van der Waals surface area contributed by atoms with Crippen molar-refractivity contribution in [3.8, 4) is 11.6 Å². The minimum Gasteiger partial charge on any atom is -0.397 e. The molecular formula is C22H12ClF9N12O4. The molecule has 16 nitrogen and oxygen atoms in total. The Bertz CT molecular complexity index is 1890. The molecule has 0 aromatic carbocycles. The van der Waals surface area contributed by atoms with Crippen LogP contribution < -0.4 is 5.73 Å². The van der Waals surface area contributed by atoms with Crippen molar-refractivity contribution in [1.29, 1.82) is 0 Å². The first-order valence-corrected chi connectivity index (χ1v) is 12.2. The third kappa shape index (κ3) is 9.27. The highest BCUT2D eigenvalue weighted by molar-refractivity contribution is 6.30. The zero-order chi connectivity index (χ0) is 36.0. The minimum absolute atomic E-state index is 0.0665. The van der Waals surface area contributed by atoms with Gasteiger partial charge in [0.2, 0.25) is 0 Å². The van der Waals surface area contributed by atoms with Gasteiger partial charge in [0.05, 0.1) is 52.1 Å². The maximum absolute atomic E-state index is 12.8. The SMILES string of the molecule is Nc1cnc(-n2nccn2)c(C(F)(F)F)c1.O=[N+]([O-])c1cnc(-n2nccn2)c(C(F)(F)F)c1.O=[N+]([O-])c1cnc(Cl)c(C(F)(F)F)c1. The second-order valence-corrected chi connectivity index (χ2v) is 8.74. The predicted octanol–water partition coefficient (Wildman–Crippen LogP) is 5.51. The molecule has 0 saturated heterocycles. The summed E-state index contributed by atoms with van der Waals surface area (Å²) in [6.07, 6.45) is -6.72.